The van der Waals surface area contributed by atoms with Gasteiger partial charge in [-0.25, -0.2) is 0 Å². The van der Waals surface area contributed by atoms with Crippen LogP contribution in [0.15, 0.2) is 41.8 Å². The molecule has 0 unspecified atom stereocenters. The third-order valence-corrected chi connectivity index (χ3v) is 4.90. The van der Waals surface area contributed by atoms with E-state index in [4.69, 9.17) is 4.74 Å². The summed E-state index contributed by atoms with van der Waals surface area (Å²) in [5.74, 6) is 0.535. The Labute approximate surface area is 142 Å². The van der Waals surface area contributed by atoms with Crippen molar-refractivity contribution in [2.75, 3.05) is 5.32 Å². The molecular formula is C16H15N3O2S2. The average Bonchev–Trinajstić information content (AvgIpc) is 3.25. The number of carbonyl (C=O) groups excluding carboxylic acids is 1. The number of ether oxygens (including phenoxy) is 1. The Balaban J connectivity index is 1.58. The molecule has 0 spiro atoms. The number of rotatable bonds is 6. The Morgan fingerprint density at radius 3 is 2.70 bits per heavy atom. The highest BCUT2D eigenvalue weighted by atomic mass is 32.1. The SMILES string of the molecule is CCc1nnc(NC(=O)c2ccc(OCc3cccs3)cc2)s1. The number of amides is 1. The van der Waals surface area contributed by atoms with Crippen LogP contribution in [0, 0.1) is 0 Å². The molecule has 118 valence electrons. The largest absolute Gasteiger partial charge is 0.488 e. The highest BCUT2D eigenvalue weighted by Gasteiger charge is 2.10. The van der Waals surface area contributed by atoms with Gasteiger partial charge >= 0.3 is 0 Å². The second kappa shape index (κ2) is 7.34. The normalized spacial score (nSPS) is 10.5. The van der Waals surface area contributed by atoms with Crippen LogP contribution in [0.3, 0.4) is 0 Å². The third kappa shape index (κ3) is 4.14. The van der Waals surface area contributed by atoms with E-state index in [0.717, 1.165) is 22.1 Å². The van der Waals surface area contributed by atoms with Crippen molar-refractivity contribution in [3.8, 4) is 5.75 Å². The lowest BCUT2D eigenvalue weighted by atomic mass is 10.2. The van der Waals surface area contributed by atoms with Gasteiger partial charge in [-0.05, 0) is 42.1 Å². The van der Waals surface area contributed by atoms with Crippen molar-refractivity contribution in [1.29, 1.82) is 0 Å². The zero-order valence-electron chi connectivity index (χ0n) is 12.5. The molecule has 23 heavy (non-hydrogen) atoms. The Bertz CT molecular complexity index is 767. The van der Waals surface area contributed by atoms with Crippen LogP contribution in [0.2, 0.25) is 0 Å². The molecular weight excluding hydrogens is 330 g/mol. The van der Waals surface area contributed by atoms with Gasteiger partial charge in [-0.1, -0.05) is 24.3 Å². The van der Waals surface area contributed by atoms with Crippen molar-refractivity contribution < 1.29 is 9.53 Å². The lowest BCUT2D eigenvalue weighted by molar-refractivity contribution is 0.102. The second-order valence-electron chi connectivity index (χ2n) is 4.70. The smallest absolute Gasteiger partial charge is 0.257 e. The Kier molecular flexibility index (Phi) is 4.99. The van der Waals surface area contributed by atoms with Crippen molar-refractivity contribution in [1.82, 2.24) is 10.2 Å². The first kappa shape index (κ1) is 15.6. The van der Waals surface area contributed by atoms with Crippen LogP contribution in [-0.2, 0) is 13.0 Å². The van der Waals surface area contributed by atoms with E-state index in [0.29, 0.717) is 17.3 Å². The van der Waals surface area contributed by atoms with Crippen LogP contribution >= 0.6 is 22.7 Å². The van der Waals surface area contributed by atoms with Crippen LogP contribution in [0.4, 0.5) is 5.13 Å². The number of aryl methyl sites for hydroxylation is 1. The lowest BCUT2D eigenvalue weighted by Crippen LogP contribution is -2.11. The summed E-state index contributed by atoms with van der Waals surface area (Å²) < 4.78 is 5.68. The molecule has 0 aliphatic carbocycles. The van der Waals surface area contributed by atoms with Crippen molar-refractivity contribution in [3.63, 3.8) is 0 Å². The number of hydrogen-bond donors (Lipinski definition) is 1. The molecule has 7 heteroatoms. The van der Waals surface area contributed by atoms with Gasteiger partial charge in [0.15, 0.2) is 0 Å². The van der Waals surface area contributed by atoms with Crippen molar-refractivity contribution >= 4 is 33.7 Å². The zero-order chi connectivity index (χ0) is 16.1. The molecule has 2 aromatic heterocycles. The van der Waals surface area contributed by atoms with Gasteiger partial charge in [-0.15, -0.1) is 21.5 Å². The Morgan fingerprint density at radius 1 is 1.22 bits per heavy atom. The maximum Gasteiger partial charge on any atom is 0.257 e. The summed E-state index contributed by atoms with van der Waals surface area (Å²) in [5, 5.41) is 14.1. The standard InChI is InChI=1S/C16H15N3O2S2/c1-2-14-18-19-16(23-14)17-15(20)11-5-7-12(8-6-11)21-10-13-4-3-9-22-13/h3-9H,2,10H2,1H3,(H,17,19,20). The van der Waals surface area contributed by atoms with Crippen LogP contribution in [0.1, 0.15) is 27.2 Å². The van der Waals surface area contributed by atoms with Gasteiger partial charge in [-0.2, -0.15) is 0 Å². The molecule has 0 aliphatic rings. The first-order chi connectivity index (χ1) is 11.2. The van der Waals surface area contributed by atoms with E-state index < -0.39 is 0 Å². The fraction of sp³-hybridized carbons (Fsp3) is 0.188. The molecule has 0 fully saturated rings. The minimum atomic E-state index is -0.200. The monoisotopic (exact) mass is 345 g/mol. The fourth-order valence-electron chi connectivity index (χ4n) is 1.87. The Hall–Kier alpha value is -2.25. The summed E-state index contributed by atoms with van der Waals surface area (Å²) in [5.41, 5.74) is 0.557. The van der Waals surface area contributed by atoms with Crippen molar-refractivity contribution in [3.05, 3.63) is 57.2 Å². The van der Waals surface area contributed by atoms with E-state index in [-0.39, 0.29) is 5.91 Å². The molecule has 3 aromatic rings. The number of hydrogen-bond acceptors (Lipinski definition) is 6. The number of thiophene rings is 1. The van der Waals surface area contributed by atoms with Gasteiger partial charge in [-0.3, -0.25) is 10.1 Å². The molecule has 5 nitrogen and oxygen atoms in total. The van der Waals surface area contributed by atoms with Gasteiger partial charge in [0.25, 0.3) is 5.91 Å². The maximum atomic E-state index is 12.2. The predicted octanol–water partition coefficient (Wildman–Crippen LogP) is 3.99. The summed E-state index contributed by atoms with van der Waals surface area (Å²) >= 11 is 3.04. The predicted molar refractivity (Wildman–Crippen MR) is 92.3 cm³/mol. The van der Waals surface area contributed by atoms with E-state index in [2.05, 4.69) is 15.5 Å². The van der Waals surface area contributed by atoms with Gasteiger partial charge in [0.2, 0.25) is 5.13 Å². The van der Waals surface area contributed by atoms with E-state index in [1.165, 1.54) is 11.3 Å². The minimum absolute atomic E-state index is 0.200. The van der Waals surface area contributed by atoms with Crippen LogP contribution in [0.5, 0.6) is 5.75 Å². The van der Waals surface area contributed by atoms with Gasteiger partial charge in [0, 0.05) is 10.4 Å². The lowest BCUT2D eigenvalue weighted by Gasteiger charge is -2.06. The third-order valence-electron chi connectivity index (χ3n) is 3.07. The van der Waals surface area contributed by atoms with Crippen molar-refractivity contribution in [2.24, 2.45) is 0 Å². The van der Waals surface area contributed by atoms with Crippen LogP contribution < -0.4 is 10.1 Å². The summed E-state index contributed by atoms with van der Waals surface area (Å²) in [6.45, 7) is 2.54. The molecule has 0 saturated carbocycles. The summed E-state index contributed by atoms with van der Waals surface area (Å²) in [6.07, 6.45) is 0.809. The summed E-state index contributed by atoms with van der Waals surface area (Å²) in [6, 6.07) is 11.1. The molecule has 3 rings (SSSR count). The second-order valence-corrected chi connectivity index (χ2v) is 6.80. The van der Waals surface area contributed by atoms with Gasteiger partial charge in [0.05, 0.1) is 0 Å². The van der Waals surface area contributed by atoms with Gasteiger partial charge < -0.3 is 4.74 Å². The molecule has 1 N–H and O–H groups in total. The quantitative estimate of drug-likeness (QED) is 0.733. The highest BCUT2D eigenvalue weighted by Crippen LogP contribution is 2.19. The molecule has 1 amide bonds. The molecule has 0 bridgehead atoms. The Morgan fingerprint density at radius 2 is 2.04 bits per heavy atom. The molecule has 1 aromatic carbocycles. The van der Waals surface area contributed by atoms with E-state index in [9.17, 15) is 4.79 Å². The van der Waals surface area contributed by atoms with Crippen LogP contribution in [-0.4, -0.2) is 16.1 Å². The highest BCUT2D eigenvalue weighted by molar-refractivity contribution is 7.15. The number of benzene rings is 1. The number of aromatic nitrogens is 2. The minimum Gasteiger partial charge on any atom is -0.488 e. The molecule has 0 saturated heterocycles. The zero-order valence-corrected chi connectivity index (χ0v) is 14.1. The van der Waals surface area contributed by atoms with E-state index in [1.54, 1.807) is 35.6 Å². The first-order valence-electron chi connectivity index (χ1n) is 7.13. The number of nitrogens with one attached hydrogen (secondary N) is 1. The van der Waals surface area contributed by atoms with Crippen LogP contribution in [0.25, 0.3) is 0 Å². The number of nitrogens with zero attached hydrogens (tertiary/aromatic N) is 2. The maximum absolute atomic E-state index is 12.2. The van der Waals surface area contributed by atoms with E-state index in [1.807, 2.05) is 24.4 Å². The number of anilines is 1. The summed E-state index contributed by atoms with van der Waals surface area (Å²) in [7, 11) is 0. The van der Waals surface area contributed by atoms with E-state index >= 15 is 0 Å². The molecule has 0 atom stereocenters. The topological polar surface area (TPSA) is 64.1 Å². The molecule has 0 radical (unpaired) electrons. The average molecular weight is 345 g/mol. The summed E-state index contributed by atoms with van der Waals surface area (Å²) in [4.78, 5) is 13.3. The number of carbonyl (C=O) groups is 1. The molecule has 2 heterocycles. The fourth-order valence-corrected chi connectivity index (χ4v) is 3.16. The van der Waals surface area contributed by atoms with Gasteiger partial charge in [0.1, 0.15) is 17.4 Å². The van der Waals surface area contributed by atoms with Crippen molar-refractivity contribution in [2.45, 2.75) is 20.0 Å². The first-order valence-corrected chi connectivity index (χ1v) is 8.83. The molecule has 0 aliphatic heterocycles.